The minimum atomic E-state index is -0.650. The highest BCUT2D eigenvalue weighted by Gasteiger charge is 2.55. The highest BCUT2D eigenvalue weighted by atomic mass is 16.4. The summed E-state index contributed by atoms with van der Waals surface area (Å²) in [5.41, 5.74) is 5.22. The minimum Gasteiger partial charge on any atom is -0.481 e. The van der Waals surface area contributed by atoms with E-state index in [0.717, 1.165) is 19.4 Å². The van der Waals surface area contributed by atoms with Crippen LogP contribution in [-0.4, -0.2) is 41.7 Å². The van der Waals surface area contributed by atoms with Crippen LogP contribution in [0.2, 0.25) is 0 Å². The van der Waals surface area contributed by atoms with Crippen LogP contribution in [0, 0.1) is 5.41 Å². The zero-order valence-corrected chi connectivity index (χ0v) is 9.28. The summed E-state index contributed by atoms with van der Waals surface area (Å²) in [7, 11) is 2.04. The fourth-order valence-corrected chi connectivity index (χ4v) is 3.24. The van der Waals surface area contributed by atoms with E-state index in [-0.39, 0.29) is 12.1 Å². The second-order valence-corrected chi connectivity index (χ2v) is 5.12. The number of hydrogen-bond donors (Lipinski definition) is 2. The van der Waals surface area contributed by atoms with Crippen molar-refractivity contribution in [3.63, 3.8) is 0 Å². The molecule has 1 aliphatic carbocycles. The van der Waals surface area contributed by atoms with Gasteiger partial charge in [-0.2, -0.15) is 0 Å². The number of carbonyl (C=O) groups is 1. The quantitative estimate of drug-likeness (QED) is 0.705. The number of nitrogens with zero attached hydrogens (tertiary/aromatic N) is 1. The van der Waals surface area contributed by atoms with Crippen LogP contribution in [0.5, 0.6) is 0 Å². The van der Waals surface area contributed by atoms with Crippen molar-refractivity contribution < 1.29 is 9.90 Å². The van der Waals surface area contributed by atoms with Gasteiger partial charge in [0.25, 0.3) is 0 Å². The van der Waals surface area contributed by atoms with Gasteiger partial charge < -0.3 is 15.7 Å². The van der Waals surface area contributed by atoms with Gasteiger partial charge in [0.2, 0.25) is 0 Å². The van der Waals surface area contributed by atoms with Crippen molar-refractivity contribution in [2.75, 3.05) is 13.6 Å². The van der Waals surface area contributed by atoms with Crippen LogP contribution in [0.3, 0.4) is 0 Å². The van der Waals surface area contributed by atoms with Crippen LogP contribution in [0.25, 0.3) is 0 Å². The average molecular weight is 212 g/mol. The SMILES string of the molecule is CN1CCCCC1C1(C(=O)O)CC(N)C1. The number of rotatable bonds is 2. The Morgan fingerprint density at radius 3 is 2.60 bits per heavy atom. The summed E-state index contributed by atoms with van der Waals surface area (Å²) in [6.07, 6.45) is 4.65. The van der Waals surface area contributed by atoms with Gasteiger partial charge in [-0.25, -0.2) is 0 Å². The maximum atomic E-state index is 11.4. The second-order valence-electron chi connectivity index (χ2n) is 5.12. The van der Waals surface area contributed by atoms with E-state index in [1.54, 1.807) is 0 Å². The molecule has 3 N–H and O–H groups in total. The molecular formula is C11H20N2O2. The summed E-state index contributed by atoms with van der Waals surface area (Å²) >= 11 is 0. The molecule has 1 atom stereocenters. The highest BCUT2D eigenvalue weighted by molar-refractivity contribution is 5.77. The Bertz CT molecular complexity index is 261. The van der Waals surface area contributed by atoms with Gasteiger partial charge in [0, 0.05) is 12.1 Å². The summed E-state index contributed by atoms with van der Waals surface area (Å²) in [6.45, 7) is 1.02. The van der Waals surface area contributed by atoms with E-state index < -0.39 is 11.4 Å². The molecule has 4 nitrogen and oxygen atoms in total. The van der Waals surface area contributed by atoms with Crippen LogP contribution >= 0.6 is 0 Å². The second kappa shape index (κ2) is 3.76. The van der Waals surface area contributed by atoms with Crippen LogP contribution in [0.1, 0.15) is 32.1 Å². The molecule has 15 heavy (non-hydrogen) atoms. The van der Waals surface area contributed by atoms with Gasteiger partial charge in [-0.15, -0.1) is 0 Å². The minimum absolute atomic E-state index is 0.0939. The molecule has 1 unspecified atom stereocenters. The summed E-state index contributed by atoms with van der Waals surface area (Å²) in [5.74, 6) is -0.650. The lowest BCUT2D eigenvalue weighted by molar-refractivity contribution is -0.164. The topological polar surface area (TPSA) is 66.6 Å². The normalized spacial score (nSPS) is 42.3. The lowest BCUT2D eigenvalue weighted by atomic mass is 9.59. The van der Waals surface area contributed by atoms with Gasteiger partial charge in [0.15, 0.2) is 0 Å². The summed E-state index contributed by atoms with van der Waals surface area (Å²) in [6, 6.07) is 0.292. The van der Waals surface area contributed by atoms with Crippen molar-refractivity contribution in [1.82, 2.24) is 4.90 Å². The third kappa shape index (κ3) is 1.66. The van der Waals surface area contributed by atoms with Crippen LogP contribution < -0.4 is 5.73 Å². The molecular weight excluding hydrogens is 192 g/mol. The lowest BCUT2D eigenvalue weighted by Crippen LogP contribution is -2.62. The maximum absolute atomic E-state index is 11.4. The third-order valence-corrected chi connectivity index (χ3v) is 4.09. The standard InChI is InChI=1S/C11H20N2O2/c1-13-5-3-2-4-9(13)11(10(14)15)6-8(12)7-11/h8-9H,2-7,12H2,1H3,(H,14,15). The molecule has 2 fully saturated rings. The lowest BCUT2D eigenvalue weighted by Gasteiger charge is -2.52. The maximum Gasteiger partial charge on any atom is 0.311 e. The number of carboxylic acid groups (broad SMARTS) is 1. The van der Waals surface area contributed by atoms with Crippen molar-refractivity contribution in [3.8, 4) is 0 Å². The van der Waals surface area contributed by atoms with Crippen LogP contribution in [0.4, 0.5) is 0 Å². The molecule has 86 valence electrons. The van der Waals surface area contributed by atoms with E-state index in [9.17, 15) is 9.90 Å². The van der Waals surface area contributed by atoms with Crippen LogP contribution in [0.15, 0.2) is 0 Å². The van der Waals surface area contributed by atoms with Gasteiger partial charge in [-0.05, 0) is 39.3 Å². The van der Waals surface area contributed by atoms with Crippen molar-refractivity contribution >= 4 is 5.97 Å². The Hall–Kier alpha value is -0.610. The largest absolute Gasteiger partial charge is 0.481 e. The predicted molar refractivity (Wildman–Crippen MR) is 57.5 cm³/mol. The first-order valence-electron chi connectivity index (χ1n) is 5.75. The van der Waals surface area contributed by atoms with Crippen LogP contribution in [-0.2, 0) is 4.79 Å². The average Bonchev–Trinajstić information content (AvgIpc) is 2.13. The Kier molecular flexibility index (Phi) is 2.73. The Morgan fingerprint density at radius 1 is 1.47 bits per heavy atom. The van der Waals surface area contributed by atoms with E-state index >= 15 is 0 Å². The fraction of sp³-hybridized carbons (Fsp3) is 0.909. The first kappa shape index (κ1) is 10.9. The van der Waals surface area contributed by atoms with E-state index in [2.05, 4.69) is 4.90 Å². The van der Waals surface area contributed by atoms with Crippen molar-refractivity contribution in [3.05, 3.63) is 0 Å². The van der Waals surface area contributed by atoms with E-state index in [1.165, 1.54) is 6.42 Å². The van der Waals surface area contributed by atoms with Gasteiger partial charge >= 0.3 is 5.97 Å². The molecule has 0 aromatic rings. The monoisotopic (exact) mass is 212 g/mol. The smallest absolute Gasteiger partial charge is 0.311 e. The first-order valence-corrected chi connectivity index (χ1v) is 5.75. The highest BCUT2D eigenvalue weighted by Crippen LogP contribution is 2.47. The molecule has 1 saturated heterocycles. The molecule has 0 aromatic carbocycles. The van der Waals surface area contributed by atoms with Gasteiger partial charge in [-0.3, -0.25) is 4.79 Å². The number of likely N-dealkylation sites (tertiary alicyclic amines) is 1. The summed E-state index contributed by atoms with van der Waals surface area (Å²) < 4.78 is 0. The van der Waals surface area contributed by atoms with Crippen molar-refractivity contribution in [1.29, 1.82) is 0 Å². The number of hydrogen-bond acceptors (Lipinski definition) is 3. The van der Waals surface area contributed by atoms with Crippen molar-refractivity contribution in [2.45, 2.75) is 44.2 Å². The van der Waals surface area contributed by atoms with Gasteiger partial charge in [0.05, 0.1) is 5.41 Å². The predicted octanol–water partition coefficient (Wildman–Crippen LogP) is 0.663. The van der Waals surface area contributed by atoms with Gasteiger partial charge in [0.1, 0.15) is 0 Å². The molecule has 0 bridgehead atoms. The number of carboxylic acids is 1. The van der Waals surface area contributed by atoms with E-state index in [0.29, 0.717) is 12.8 Å². The molecule has 1 saturated carbocycles. The van der Waals surface area contributed by atoms with Gasteiger partial charge in [-0.1, -0.05) is 6.42 Å². The summed E-state index contributed by atoms with van der Waals surface area (Å²) in [5, 5.41) is 9.39. The molecule has 1 heterocycles. The molecule has 2 aliphatic rings. The molecule has 0 radical (unpaired) electrons. The molecule has 2 rings (SSSR count). The van der Waals surface area contributed by atoms with Crippen molar-refractivity contribution in [2.24, 2.45) is 11.1 Å². The molecule has 4 heteroatoms. The van der Waals surface area contributed by atoms with E-state index in [1.807, 2.05) is 7.05 Å². The number of aliphatic carboxylic acids is 1. The molecule has 1 aliphatic heterocycles. The zero-order chi connectivity index (χ0) is 11.1. The molecule has 0 aromatic heterocycles. The number of nitrogens with two attached hydrogens (primary N) is 1. The first-order chi connectivity index (χ1) is 7.06. The third-order valence-electron chi connectivity index (χ3n) is 4.09. The zero-order valence-electron chi connectivity index (χ0n) is 9.28. The molecule has 0 amide bonds. The molecule has 0 spiro atoms. The van der Waals surface area contributed by atoms with E-state index in [4.69, 9.17) is 5.73 Å². The Morgan fingerprint density at radius 2 is 2.13 bits per heavy atom. The fourth-order valence-electron chi connectivity index (χ4n) is 3.24. The number of piperidine rings is 1. The summed E-state index contributed by atoms with van der Waals surface area (Å²) in [4.78, 5) is 13.6. The Balaban J connectivity index is 2.14. The Labute approximate surface area is 90.4 Å².